The normalized spacial score (nSPS) is 10.1. The summed E-state index contributed by atoms with van der Waals surface area (Å²) in [4.78, 5) is 27.0. The molecule has 0 radical (unpaired) electrons. The van der Waals surface area contributed by atoms with E-state index in [4.69, 9.17) is 5.11 Å². The van der Waals surface area contributed by atoms with Crippen LogP contribution in [-0.4, -0.2) is 27.1 Å². The summed E-state index contributed by atoms with van der Waals surface area (Å²) in [6.45, 7) is 1.86. The molecule has 0 aliphatic carbocycles. The van der Waals surface area contributed by atoms with E-state index in [1.165, 1.54) is 18.2 Å². The number of carboxylic acid groups (broad SMARTS) is 1. The number of benzene rings is 1. The van der Waals surface area contributed by atoms with Gasteiger partial charge in [-0.3, -0.25) is 9.78 Å². The summed E-state index contributed by atoms with van der Waals surface area (Å²) in [7, 11) is 0. The number of nitrogens with zero attached hydrogens (tertiary/aromatic N) is 1. The predicted octanol–water partition coefficient (Wildman–Crippen LogP) is 1.98. The Balaban J connectivity index is 2.12. The van der Waals surface area contributed by atoms with Crippen LogP contribution in [0.4, 0.5) is 5.69 Å². The van der Waals surface area contributed by atoms with E-state index in [0.29, 0.717) is 11.4 Å². The minimum Gasteiger partial charge on any atom is -0.507 e. The molecule has 0 saturated heterocycles. The number of carbonyl (C=O) groups excluding carboxylic acids is 1. The summed E-state index contributed by atoms with van der Waals surface area (Å²) in [5.74, 6) is -1.91. The molecule has 21 heavy (non-hydrogen) atoms. The molecule has 1 heterocycles. The molecular formula is C15H14N2O4. The largest absolute Gasteiger partial charge is 0.507 e. The maximum Gasteiger partial charge on any atom is 0.339 e. The van der Waals surface area contributed by atoms with Crippen molar-refractivity contribution in [2.75, 3.05) is 5.32 Å². The van der Waals surface area contributed by atoms with Crippen LogP contribution in [0.5, 0.6) is 5.75 Å². The Morgan fingerprint density at radius 1 is 1.29 bits per heavy atom. The molecule has 2 rings (SSSR count). The maximum atomic E-state index is 11.9. The van der Waals surface area contributed by atoms with Crippen LogP contribution in [0.25, 0.3) is 0 Å². The minimum absolute atomic E-state index is 0.0932. The van der Waals surface area contributed by atoms with Gasteiger partial charge in [0.1, 0.15) is 11.3 Å². The number of aromatic carboxylic acids is 1. The van der Waals surface area contributed by atoms with Crippen LogP contribution in [0.1, 0.15) is 21.6 Å². The van der Waals surface area contributed by atoms with Crippen LogP contribution in [0.2, 0.25) is 0 Å². The number of hydrogen-bond acceptors (Lipinski definition) is 4. The Morgan fingerprint density at radius 3 is 2.71 bits per heavy atom. The first-order valence-corrected chi connectivity index (χ1v) is 6.24. The molecule has 0 aliphatic rings. The zero-order chi connectivity index (χ0) is 15.4. The van der Waals surface area contributed by atoms with Crippen molar-refractivity contribution in [1.29, 1.82) is 0 Å². The Hall–Kier alpha value is -2.89. The third kappa shape index (κ3) is 3.56. The molecule has 0 aliphatic heterocycles. The molecule has 0 atom stereocenters. The number of anilines is 1. The molecule has 0 fully saturated rings. The highest BCUT2D eigenvalue weighted by Crippen LogP contribution is 2.21. The molecule has 1 aromatic carbocycles. The van der Waals surface area contributed by atoms with E-state index in [9.17, 15) is 14.7 Å². The topological polar surface area (TPSA) is 99.5 Å². The average Bonchev–Trinajstić information content (AvgIpc) is 2.43. The van der Waals surface area contributed by atoms with Gasteiger partial charge in [0, 0.05) is 11.9 Å². The van der Waals surface area contributed by atoms with Gasteiger partial charge in [0.05, 0.1) is 12.1 Å². The third-order valence-electron chi connectivity index (χ3n) is 2.96. The lowest BCUT2D eigenvalue weighted by molar-refractivity contribution is -0.115. The standard InChI is InChI=1S/C15H14N2O4/c1-9-3-2-6-16-12(9)8-14(19)17-10-4-5-13(18)11(7-10)15(20)21/h2-7,18H,8H2,1H3,(H,17,19)(H,20,21). The van der Waals surface area contributed by atoms with Crippen molar-refractivity contribution in [2.24, 2.45) is 0 Å². The van der Waals surface area contributed by atoms with Crippen molar-refractivity contribution in [2.45, 2.75) is 13.3 Å². The van der Waals surface area contributed by atoms with Crippen molar-refractivity contribution in [3.05, 3.63) is 53.3 Å². The molecular weight excluding hydrogens is 272 g/mol. The highest BCUT2D eigenvalue weighted by molar-refractivity contribution is 5.96. The van der Waals surface area contributed by atoms with Crippen LogP contribution in [0, 0.1) is 6.92 Å². The van der Waals surface area contributed by atoms with E-state index in [2.05, 4.69) is 10.3 Å². The van der Waals surface area contributed by atoms with E-state index in [1.54, 1.807) is 12.3 Å². The molecule has 0 saturated carbocycles. The summed E-state index contributed by atoms with van der Waals surface area (Å²) in [5, 5.41) is 20.9. The van der Waals surface area contributed by atoms with Gasteiger partial charge >= 0.3 is 5.97 Å². The number of carbonyl (C=O) groups is 2. The van der Waals surface area contributed by atoms with E-state index < -0.39 is 5.97 Å². The van der Waals surface area contributed by atoms with Crippen LogP contribution in [0.3, 0.4) is 0 Å². The fraction of sp³-hybridized carbons (Fsp3) is 0.133. The van der Waals surface area contributed by atoms with Gasteiger partial charge in [-0.1, -0.05) is 6.07 Å². The molecule has 0 spiro atoms. The van der Waals surface area contributed by atoms with E-state index in [-0.39, 0.29) is 23.6 Å². The zero-order valence-corrected chi connectivity index (χ0v) is 11.3. The minimum atomic E-state index is -1.26. The number of nitrogens with one attached hydrogen (secondary N) is 1. The van der Waals surface area contributed by atoms with Crippen molar-refractivity contribution >= 4 is 17.6 Å². The van der Waals surface area contributed by atoms with Crippen LogP contribution >= 0.6 is 0 Å². The van der Waals surface area contributed by atoms with Gasteiger partial charge in [0.25, 0.3) is 0 Å². The Bertz CT molecular complexity index is 698. The maximum absolute atomic E-state index is 11.9. The molecule has 0 unspecified atom stereocenters. The third-order valence-corrected chi connectivity index (χ3v) is 2.96. The second-order valence-corrected chi connectivity index (χ2v) is 4.53. The molecule has 3 N–H and O–H groups in total. The summed E-state index contributed by atoms with van der Waals surface area (Å²) < 4.78 is 0. The molecule has 1 amide bonds. The lowest BCUT2D eigenvalue weighted by Crippen LogP contribution is -2.16. The highest BCUT2D eigenvalue weighted by Gasteiger charge is 2.12. The SMILES string of the molecule is Cc1cccnc1CC(=O)Nc1ccc(O)c(C(=O)O)c1. The van der Waals surface area contributed by atoms with Crippen LogP contribution in [-0.2, 0) is 11.2 Å². The van der Waals surface area contributed by atoms with Gasteiger partial charge in [-0.05, 0) is 36.8 Å². The summed E-state index contributed by atoms with van der Waals surface area (Å²) >= 11 is 0. The second-order valence-electron chi connectivity index (χ2n) is 4.53. The Morgan fingerprint density at radius 2 is 2.05 bits per heavy atom. The smallest absolute Gasteiger partial charge is 0.339 e. The number of phenols is 1. The number of aromatic hydroxyl groups is 1. The van der Waals surface area contributed by atoms with Gasteiger partial charge in [-0.25, -0.2) is 4.79 Å². The number of aromatic nitrogens is 1. The van der Waals surface area contributed by atoms with Crippen molar-refractivity contribution in [3.8, 4) is 5.75 Å². The molecule has 0 bridgehead atoms. The fourth-order valence-electron chi connectivity index (χ4n) is 1.85. The van der Waals surface area contributed by atoms with Crippen LogP contribution in [0.15, 0.2) is 36.5 Å². The van der Waals surface area contributed by atoms with Gasteiger partial charge in [0.2, 0.25) is 5.91 Å². The molecule has 1 aromatic heterocycles. The second kappa shape index (κ2) is 6.04. The highest BCUT2D eigenvalue weighted by atomic mass is 16.4. The molecule has 6 nitrogen and oxygen atoms in total. The van der Waals surface area contributed by atoms with Crippen molar-refractivity contribution in [3.63, 3.8) is 0 Å². The van der Waals surface area contributed by atoms with Gasteiger partial charge in [-0.2, -0.15) is 0 Å². The van der Waals surface area contributed by atoms with Crippen molar-refractivity contribution < 1.29 is 19.8 Å². The lowest BCUT2D eigenvalue weighted by Gasteiger charge is -2.08. The molecule has 6 heteroatoms. The van der Waals surface area contributed by atoms with E-state index in [1.807, 2.05) is 13.0 Å². The number of carboxylic acids is 1. The lowest BCUT2D eigenvalue weighted by atomic mass is 10.1. The van der Waals surface area contributed by atoms with Gasteiger partial charge in [-0.15, -0.1) is 0 Å². The number of rotatable bonds is 4. The van der Waals surface area contributed by atoms with E-state index in [0.717, 1.165) is 5.56 Å². The first kappa shape index (κ1) is 14.5. The molecule has 108 valence electrons. The monoisotopic (exact) mass is 286 g/mol. The number of pyridine rings is 1. The summed E-state index contributed by atoms with van der Waals surface area (Å²) in [6.07, 6.45) is 1.70. The van der Waals surface area contributed by atoms with Gasteiger partial charge < -0.3 is 15.5 Å². The zero-order valence-electron chi connectivity index (χ0n) is 11.3. The Labute approximate surface area is 121 Å². The van der Waals surface area contributed by atoms with Crippen molar-refractivity contribution in [1.82, 2.24) is 4.98 Å². The first-order chi connectivity index (χ1) is 9.97. The quantitative estimate of drug-likeness (QED) is 0.746. The molecule has 2 aromatic rings. The van der Waals surface area contributed by atoms with Gasteiger partial charge in [0.15, 0.2) is 0 Å². The Kier molecular flexibility index (Phi) is 4.18. The number of amides is 1. The fourth-order valence-corrected chi connectivity index (χ4v) is 1.85. The predicted molar refractivity (Wildman–Crippen MR) is 76.4 cm³/mol. The summed E-state index contributed by atoms with van der Waals surface area (Å²) in [5.41, 5.74) is 1.61. The number of hydrogen-bond donors (Lipinski definition) is 3. The number of aryl methyl sites for hydroxylation is 1. The van der Waals surface area contributed by atoms with Crippen LogP contribution < -0.4 is 5.32 Å². The summed E-state index contributed by atoms with van der Waals surface area (Å²) in [6, 6.07) is 7.52. The first-order valence-electron chi connectivity index (χ1n) is 6.24. The average molecular weight is 286 g/mol. The van der Waals surface area contributed by atoms with E-state index >= 15 is 0 Å².